The number of methoxy groups -OCH3 is 1. The molecule has 3 rings (SSSR count). The summed E-state index contributed by atoms with van der Waals surface area (Å²) in [6.07, 6.45) is 0. The van der Waals surface area contributed by atoms with E-state index in [1.807, 2.05) is 24.3 Å². The molecule has 144 valence electrons. The zero-order valence-electron chi connectivity index (χ0n) is 15.8. The molecule has 8 heteroatoms. The van der Waals surface area contributed by atoms with Crippen LogP contribution in [0, 0.1) is 13.8 Å². The van der Waals surface area contributed by atoms with E-state index in [1.165, 1.54) is 0 Å². The predicted octanol–water partition coefficient (Wildman–Crippen LogP) is 1.94. The van der Waals surface area contributed by atoms with Crippen molar-refractivity contribution in [2.75, 3.05) is 13.7 Å². The number of benzene rings is 2. The minimum Gasteiger partial charge on any atom is -0.497 e. The Kier molecular flexibility index (Phi) is 5.12. The number of imidazole rings is 1. The van der Waals surface area contributed by atoms with E-state index in [-0.39, 0.29) is 23.7 Å². The number of rotatable bonds is 6. The maximum Gasteiger partial charge on any atom is 0.328 e. The molecule has 0 spiro atoms. The third-order valence-corrected chi connectivity index (χ3v) is 6.38. The van der Waals surface area contributed by atoms with Crippen molar-refractivity contribution in [2.45, 2.75) is 25.3 Å². The van der Waals surface area contributed by atoms with E-state index in [4.69, 9.17) is 4.74 Å². The molecule has 0 aliphatic carbocycles. The summed E-state index contributed by atoms with van der Waals surface area (Å²) in [5.74, 6) is 0.617. The first-order valence-electron chi connectivity index (χ1n) is 8.55. The van der Waals surface area contributed by atoms with Crippen LogP contribution in [0.5, 0.6) is 5.75 Å². The first kappa shape index (κ1) is 19.2. The predicted molar refractivity (Wildman–Crippen MR) is 105 cm³/mol. The fraction of sp³-hybridized carbons (Fsp3) is 0.316. The lowest BCUT2D eigenvalue weighted by Crippen LogP contribution is -2.32. The molecule has 0 fully saturated rings. The summed E-state index contributed by atoms with van der Waals surface area (Å²) in [5.41, 5.74) is 2.64. The summed E-state index contributed by atoms with van der Waals surface area (Å²) < 4.78 is 36.5. The Morgan fingerprint density at radius 3 is 2.26 bits per heavy atom. The van der Waals surface area contributed by atoms with E-state index in [0.29, 0.717) is 16.9 Å². The third-order valence-electron chi connectivity index (χ3n) is 4.62. The van der Waals surface area contributed by atoms with Crippen LogP contribution >= 0.6 is 0 Å². The molecule has 3 aromatic rings. The van der Waals surface area contributed by atoms with Gasteiger partial charge in [-0.2, -0.15) is 0 Å². The molecule has 0 amide bonds. The summed E-state index contributed by atoms with van der Waals surface area (Å²) in [6, 6.07) is 10.8. The van der Waals surface area contributed by atoms with Crippen molar-refractivity contribution in [1.82, 2.24) is 13.9 Å². The van der Waals surface area contributed by atoms with E-state index < -0.39 is 10.0 Å². The number of para-hydroxylation sites is 2. The van der Waals surface area contributed by atoms with Gasteiger partial charge in [0.15, 0.2) is 0 Å². The monoisotopic (exact) mass is 389 g/mol. The Morgan fingerprint density at radius 1 is 1.07 bits per heavy atom. The number of hydrogen-bond acceptors (Lipinski definition) is 4. The summed E-state index contributed by atoms with van der Waals surface area (Å²) >= 11 is 0. The molecule has 27 heavy (non-hydrogen) atoms. The number of hydrogen-bond donors (Lipinski definition) is 1. The lowest BCUT2D eigenvalue weighted by Gasteiger charge is -2.14. The molecule has 1 aromatic heterocycles. The highest BCUT2D eigenvalue weighted by Gasteiger charge is 2.20. The van der Waals surface area contributed by atoms with E-state index in [2.05, 4.69) is 4.72 Å². The molecule has 1 N–H and O–H groups in total. The first-order valence-corrected chi connectivity index (χ1v) is 10.0. The zero-order chi connectivity index (χ0) is 19.8. The van der Waals surface area contributed by atoms with Gasteiger partial charge < -0.3 is 4.74 Å². The summed E-state index contributed by atoms with van der Waals surface area (Å²) in [4.78, 5) is 12.7. The Balaban J connectivity index is 1.84. The molecule has 0 aliphatic heterocycles. The highest BCUT2D eigenvalue weighted by molar-refractivity contribution is 7.89. The number of nitrogens with zero attached hydrogens (tertiary/aromatic N) is 2. The van der Waals surface area contributed by atoms with Gasteiger partial charge >= 0.3 is 5.69 Å². The third kappa shape index (κ3) is 3.50. The second-order valence-corrected chi connectivity index (χ2v) is 8.17. The first-order chi connectivity index (χ1) is 12.8. The van der Waals surface area contributed by atoms with Gasteiger partial charge in [0.25, 0.3) is 0 Å². The molecular weight excluding hydrogens is 366 g/mol. The van der Waals surface area contributed by atoms with Crippen LogP contribution in [0.25, 0.3) is 11.0 Å². The van der Waals surface area contributed by atoms with Gasteiger partial charge in [-0.25, -0.2) is 17.9 Å². The summed E-state index contributed by atoms with van der Waals surface area (Å²) in [5, 5.41) is 0. The highest BCUT2D eigenvalue weighted by Crippen LogP contribution is 2.25. The van der Waals surface area contributed by atoms with E-state index in [9.17, 15) is 13.2 Å². The van der Waals surface area contributed by atoms with E-state index >= 15 is 0 Å². The van der Waals surface area contributed by atoms with Crippen molar-refractivity contribution in [3.05, 3.63) is 58.0 Å². The Labute approximate surface area is 158 Å². The van der Waals surface area contributed by atoms with Crippen molar-refractivity contribution in [3.63, 3.8) is 0 Å². The van der Waals surface area contributed by atoms with E-state index in [0.717, 1.165) is 11.0 Å². The largest absolute Gasteiger partial charge is 0.497 e. The van der Waals surface area contributed by atoms with Crippen LogP contribution in [0.1, 0.15) is 11.1 Å². The van der Waals surface area contributed by atoms with Gasteiger partial charge in [0.2, 0.25) is 10.0 Å². The van der Waals surface area contributed by atoms with Gasteiger partial charge in [-0.3, -0.25) is 9.13 Å². The second-order valence-electron chi connectivity index (χ2n) is 6.47. The molecule has 0 radical (unpaired) electrons. The molecule has 7 nitrogen and oxygen atoms in total. The summed E-state index contributed by atoms with van der Waals surface area (Å²) in [7, 11) is -0.456. The van der Waals surface area contributed by atoms with Gasteiger partial charge in [0, 0.05) is 20.1 Å². The van der Waals surface area contributed by atoms with Crippen molar-refractivity contribution < 1.29 is 13.2 Å². The maximum absolute atomic E-state index is 12.8. The lowest BCUT2D eigenvalue weighted by molar-refractivity contribution is 0.413. The van der Waals surface area contributed by atoms with Gasteiger partial charge in [0.1, 0.15) is 5.75 Å². The normalized spacial score (nSPS) is 11.9. The number of aryl methyl sites for hydroxylation is 3. The maximum atomic E-state index is 12.8. The van der Waals surface area contributed by atoms with E-state index in [1.54, 1.807) is 49.3 Å². The Bertz CT molecular complexity index is 1140. The molecular formula is C19H23N3O4S. The van der Waals surface area contributed by atoms with Crippen molar-refractivity contribution in [2.24, 2.45) is 7.05 Å². The van der Waals surface area contributed by atoms with Crippen molar-refractivity contribution in [3.8, 4) is 5.75 Å². The van der Waals surface area contributed by atoms with Crippen LogP contribution in [-0.2, 0) is 23.6 Å². The van der Waals surface area contributed by atoms with Crippen LogP contribution in [0.4, 0.5) is 0 Å². The Morgan fingerprint density at radius 2 is 1.67 bits per heavy atom. The molecule has 2 aromatic carbocycles. The van der Waals surface area contributed by atoms with Crippen LogP contribution in [0.15, 0.2) is 46.1 Å². The average Bonchev–Trinajstić information content (AvgIpc) is 2.86. The summed E-state index contributed by atoms with van der Waals surface area (Å²) in [6.45, 7) is 3.83. The van der Waals surface area contributed by atoms with Gasteiger partial charge in [-0.15, -0.1) is 0 Å². The fourth-order valence-corrected chi connectivity index (χ4v) is 4.87. The average molecular weight is 389 g/mol. The van der Waals surface area contributed by atoms with Crippen LogP contribution in [-0.4, -0.2) is 31.2 Å². The Hall–Kier alpha value is -2.58. The molecule has 1 heterocycles. The van der Waals surface area contributed by atoms with Crippen LogP contribution in [0.2, 0.25) is 0 Å². The van der Waals surface area contributed by atoms with Crippen molar-refractivity contribution in [1.29, 1.82) is 0 Å². The number of aromatic nitrogens is 2. The number of sulfonamides is 1. The quantitative estimate of drug-likeness (QED) is 0.699. The second kappa shape index (κ2) is 7.21. The molecule has 0 unspecified atom stereocenters. The van der Waals surface area contributed by atoms with Crippen LogP contribution < -0.4 is 15.1 Å². The number of ether oxygens (including phenoxy) is 1. The van der Waals surface area contributed by atoms with Gasteiger partial charge in [-0.05, 0) is 49.2 Å². The minimum atomic E-state index is -3.70. The molecule has 0 bridgehead atoms. The lowest BCUT2D eigenvalue weighted by atomic mass is 10.1. The minimum absolute atomic E-state index is 0.112. The molecule has 0 saturated heterocycles. The number of nitrogens with one attached hydrogen (secondary N) is 1. The van der Waals surface area contributed by atoms with Gasteiger partial charge in [-0.1, -0.05) is 12.1 Å². The topological polar surface area (TPSA) is 82.3 Å². The standard InChI is InChI=1S/C19H23N3O4S/c1-13-11-15(26-4)12-14(2)18(13)27(24,25)20-9-10-22-17-8-6-5-7-16(17)21(3)19(22)23/h5-8,11-12,20H,9-10H2,1-4H3. The van der Waals surface area contributed by atoms with Gasteiger partial charge in [0.05, 0.1) is 23.0 Å². The SMILES string of the molecule is COc1cc(C)c(S(=O)(=O)NCCn2c(=O)n(C)c3ccccc32)c(C)c1. The van der Waals surface area contributed by atoms with Crippen LogP contribution in [0.3, 0.4) is 0 Å². The highest BCUT2D eigenvalue weighted by atomic mass is 32.2. The smallest absolute Gasteiger partial charge is 0.328 e. The number of fused-ring (bicyclic) bond motifs is 1. The fourth-order valence-electron chi connectivity index (χ4n) is 3.40. The molecule has 0 aliphatic rings. The molecule has 0 atom stereocenters. The molecule has 0 saturated carbocycles. The van der Waals surface area contributed by atoms with Crippen molar-refractivity contribution >= 4 is 21.1 Å². The zero-order valence-corrected chi connectivity index (χ0v) is 16.6.